The van der Waals surface area contributed by atoms with Gasteiger partial charge in [-0.25, -0.2) is 18.1 Å². The second-order valence-corrected chi connectivity index (χ2v) is 10.8. The van der Waals surface area contributed by atoms with Gasteiger partial charge < -0.3 is 0 Å². The number of rotatable bonds is 1. The summed E-state index contributed by atoms with van der Waals surface area (Å²) >= 11 is 0. The van der Waals surface area contributed by atoms with Crippen LogP contribution in [-0.4, -0.2) is 19.0 Å². The Kier molecular flexibility index (Phi) is 4.17. The third-order valence-corrected chi connectivity index (χ3v) is 9.59. The molecule has 0 spiro atoms. The largest absolute Gasteiger partial charge is 0.343 e. The van der Waals surface area contributed by atoms with E-state index >= 15 is 0 Å². The lowest BCUT2D eigenvalue weighted by molar-refractivity contribution is -0.137. The molecule has 0 aromatic heterocycles. The van der Waals surface area contributed by atoms with E-state index in [-0.39, 0.29) is 21.8 Å². The van der Waals surface area contributed by atoms with Crippen LogP contribution in [0, 0.1) is 40.2 Å². The molecule has 3 saturated carbocycles. The molecule has 4 aliphatic rings. The number of benzene rings is 1. The zero-order chi connectivity index (χ0) is 20.6. The van der Waals surface area contributed by atoms with Crippen LogP contribution in [-0.2, 0) is 4.79 Å². The van der Waals surface area contributed by atoms with Gasteiger partial charge in [-0.05, 0) is 61.3 Å². The van der Waals surface area contributed by atoms with Crippen LogP contribution in [0.1, 0.15) is 58.8 Å². The molecule has 7 atom stereocenters. The minimum atomic E-state index is -0.618. The number of nitrogens with zero attached hydrogens (tertiary/aromatic N) is 1. The number of amides is 1. The molecule has 3 fully saturated rings. The maximum Gasteiger partial charge on any atom is 0.343 e. The Morgan fingerprint density at radius 3 is 2.59 bits per heavy atom. The van der Waals surface area contributed by atoms with Gasteiger partial charge in [0.15, 0.2) is 11.5 Å². The summed E-state index contributed by atoms with van der Waals surface area (Å²) in [6, 6.07) is 3.66. The summed E-state index contributed by atoms with van der Waals surface area (Å²) in [6.45, 7) is 4.79. The van der Waals surface area contributed by atoms with Gasteiger partial charge in [0.05, 0.1) is 7.05 Å². The SMILES string of the molecule is C[C@@]12CCC[C@H]1[C@@H]1CC[C@@H]3[C@](C)(C=CC(=O)[N+]3(C)c3ccc(F)cc3F)[C@H]1CC2. The zero-order valence-electron chi connectivity index (χ0n) is 17.8. The summed E-state index contributed by atoms with van der Waals surface area (Å²) in [5.74, 6) is 0.693. The van der Waals surface area contributed by atoms with Crippen molar-refractivity contribution in [1.29, 1.82) is 0 Å². The van der Waals surface area contributed by atoms with E-state index in [2.05, 4.69) is 19.9 Å². The van der Waals surface area contributed by atoms with Crippen LogP contribution in [0.3, 0.4) is 0 Å². The number of hydrogen-bond acceptors (Lipinski definition) is 1. The smallest absolute Gasteiger partial charge is 0.226 e. The van der Waals surface area contributed by atoms with Crippen LogP contribution in [0.4, 0.5) is 14.5 Å². The van der Waals surface area contributed by atoms with Crippen molar-refractivity contribution < 1.29 is 13.6 Å². The zero-order valence-corrected chi connectivity index (χ0v) is 17.8. The van der Waals surface area contributed by atoms with Crippen molar-refractivity contribution in [3.05, 3.63) is 42.0 Å². The maximum atomic E-state index is 14.9. The highest BCUT2D eigenvalue weighted by Gasteiger charge is 2.63. The van der Waals surface area contributed by atoms with Crippen molar-refractivity contribution in [3.8, 4) is 0 Å². The van der Waals surface area contributed by atoms with Gasteiger partial charge in [0.2, 0.25) is 0 Å². The standard InChI is InChI=1S/C25H32F2NO/c1-24-12-4-5-18(24)17-7-9-22-25(2,19(17)10-13-24)14-11-23(29)28(22,3)21-8-6-16(26)15-20(21)27/h6,8,11,14-15,17-19,22H,4-5,7,9-10,12-13H2,1-3H3/q+1/t17-,18-,19-,22+,24-,25+,28?/m0/s1. The summed E-state index contributed by atoms with van der Waals surface area (Å²) < 4.78 is 28.4. The second kappa shape index (κ2) is 6.23. The lowest BCUT2D eigenvalue weighted by atomic mass is 9.48. The van der Waals surface area contributed by atoms with Crippen LogP contribution < -0.4 is 4.48 Å². The van der Waals surface area contributed by atoms with E-state index in [9.17, 15) is 13.6 Å². The van der Waals surface area contributed by atoms with E-state index in [0.717, 1.165) is 24.8 Å². The summed E-state index contributed by atoms with van der Waals surface area (Å²) in [7, 11) is 1.84. The minimum absolute atomic E-state index is 0.00743. The highest BCUT2D eigenvalue weighted by molar-refractivity contribution is 5.98. The first-order valence-corrected chi connectivity index (χ1v) is 11.3. The van der Waals surface area contributed by atoms with Crippen molar-refractivity contribution in [3.63, 3.8) is 0 Å². The topological polar surface area (TPSA) is 17.1 Å². The third kappa shape index (κ3) is 2.50. The molecular formula is C25H32F2NO+. The van der Waals surface area contributed by atoms with Gasteiger partial charge in [-0.1, -0.05) is 26.3 Å². The number of likely N-dealkylation sites (N-methyl/N-ethyl adjacent to an activating group) is 1. The Hall–Kier alpha value is -1.55. The normalized spacial score (nSPS) is 46.2. The quantitative estimate of drug-likeness (QED) is 0.529. The first-order valence-electron chi connectivity index (χ1n) is 11.3. The summed E-state index contributed by atoms with van der Waals surface area (Å²) in [4.78, 5) is 13.2. The van der Waals surface area contributed by atoms with Gasteiger partial charge in [0.1, 0.15) is 11.9 Å². The molecule has 1 unspecified atom stereocenters. The van der Waals surface area contributed by atoms with E-state index < -0.39 is 11.6 Å². The predicted molar refractivity (Wildman–Crippen MR) is 111 cm³/mol. The highest BCUT2D eigenvalue weighted by atomic mass is 19.1. The van der Waals surface area contributed by atoms with Crippen molar-refractivity contribution in [1.82, 2.24) is 4.48 Å². The fraction of sp³-hybridized carbons (Fsp3) is 0.640. The van der Waals surface area contributed by atoms with Crippen LogP contribution in [0.5, 0.6) is 0 Å². The average Bonchev–Trinajstić information content (AvgIpc) is 3.07. The van der Waals surface area contributed by atoms with Gasteiger partial charge in [0.25, 0.3) is 0 Å². The molecule has 5 rings (SSSR count). The molecule has 0 saturated heterocycles. The fourth-order valence-electron chi connectivity index (χ4n) is 8.12. The molecule has 1 heterocycles. The van der Waals surface area contributed by atoms with Gasteiger partial charge in [-0.15, -0.1) is 0 Å². The Labute approximate surface area is 172 Å². The Morgan fingerprint density at radius 1 is 1.03 bits per heavy atom. The Balaban J connectivity index is 1.58. The second-order valence-electron chi connectivity index (χ2n) is 10.8. The molecule has 1 aromatic carbocycles. The van der Waals surface area contributed by atoms with Crippen LogP contribution in [0.25, 0.3) is 0 Å². The molecule has 1 aromatic rings. The fourth-order valence-corrected chi connectivity index (χ4v) is 8.12. The number of carbonyl (C=O) groups is 1. The molecule has 0 bridgehead atoms. The minimum Gasteiger partial charge on any atom is -0.226 e. The molecule has 156 valence electrons. The molecule has 1 amide bonds. The predicted octanol–water partition coefficient (Wildman–Crippen LogP) is 6.00. The van der Waals surface area contributed by atoms with E-state index in [4.69, 9.17) is 0 Å². The number of hydrogen-bond donors (Lipinski definition) is 0. The van der Waals surface area contributed by atoms with Crippen molar-refractivity contribution in [2.45, 2.75) is 64.8 Å². The van der Waals surface area contributed by atoms with Gasteiger partial charge in [0, 0.05) is 30.0 Å². The molecule has 0 radical (unpaired) electrons. The van der Waals surface area contributed by atoms with Crippen LogP contribution >= 0.6 is 0 Å². The van der Waals surface area contributed by atoms with Gasteiger partial charge >= 0.3 is 5.91 Å². The average molecular weight is 401 g/mol. The molecule has 3 aliphatic carbocycles. The van der Waals surface area contributed by atoms with Gasteiger partial charge in [-0.2, -0.15) is 0 Å². The van der Waals surface area contributed by atoms with Crippen molar-refractivity contribution >= 4 is 11.6 Å². The van der Waals surface area contributed by atoms with Crippen molar-refractivity contribution in [2.75, 3.05) is 7.05 Å². The third-order valence-electron chi connectivity index (χ3n) is 9.59. The molecule has 0 N–H and O–H groups in total. The van der Waals surface area contributed by atoms with Crippen LogP contribution in [0.15, 0.2) is 30.4 Å². The number of quaternary nitrogens is 1. The lowest BCUT2D eigenvalue weighted by Crippen LogP contribution is -2.69. The molecule has 29 heavy (non-hydrogen) atoms. The Morgan fingerprint density at radius 2 is 1.83 bits per heavy atom. The number of fused-ring (bicyclic) bond motifs is 5. The molecule has 4 heteroatoms. The Bertz CT molecular complexity index is 897. The van der Waals surface area contributed by atoms with E-state index in [1.807, 2.05) is 7.05 Å². The first-order chi connectivity index (χ1) is 13.7. The number of halogens is 2. The molecule has 2 nitrogen and oxygen atoms in total. The molecule has 1 aliphatic heterocycles. The maximum absolute atomic E-state index is 14.9. The molecular weight excluding hydrogens is 368 g/mol. The van der Waals surface area contributed by atoms with E-state index in [0.29, 0.717) is 22.9 Å². The highest BCUT2D eigenvalue weighted by Crippen LogP contribution is 2.64. The lowest BCUT2D eigenvalue weighted by Gasteiger charge is -2.60. The summed E-state index contributed by atoms with van der Waals surface area (Å²) in [5.41, 5.74) is 0.646. The van der Waals surface area contributed by atoms with Crippen LogP contribution in [0.2, 0.25) is 0 Å². The van der Waals surface area contributed by atoms with E-state index in [1.54, 1.807) is 6.08 Å². The van der Waals surface area contributed by atoms with Gasteiger partial charge in [-0.3, -0.25) is 0 Å². The van der Waals surface area contributed by atoms with E-state index in [1.165, 1.54) is 44.2 Å². The van der Waals surface area contributed by atoms with Crippen molar-refractivity contribution in [2.24, 2.45) is 28.6 Å². The summed E-state index contributed by atoms with van der Waals surface area (Å²) in [6.07, 6.45) is 12.3. The summed E-state index contributed by atoms with van der Waals surface area (Å²) in [5, 5.41) is 0. The monoisotopic (exact) mass is 400 g/mol. The number of carbonyl (C=O) groups excluding carboxylic acids is 1. The first kappa shape index (κ1) is 19.4.